The van der Waals surface area contributed by atoms with E-state index in [9.17, 15) is 13.2 Å². The average Bonchev–Trinajstić information content (AvgIpc) is 3.03. The van der Waals surface area contributed by atoms with Crippen molar-refractivity contribution in [3.8, 4) is 23.0 Å². The monoisotopic (exact) mass is 655 g/mol. The van der Waals surface area contributed by atoms with Crippen molar-refractivity contribution in [3.05, 3.63) is 112 Å². The lowest BCUT2D eigenvalue weighted by Gasteiger charge is -2.20. The molecule has 0 N–H and O–H groups in total. The summed E-state index contributed by atoms with van der Waals surface area (Å²) in [6.45, 7) is 2.48. The number of nitrogens with zero attached hydrogens (tertiary/aromatic N) is 1. The number of aryl methyl sites for hydroxylation is 1. The summed E-state index contributed by atoms with van der Waals surface area (Å²) in [7, 11) is 2.03. The summed E-state index contributed by atoms with van der Waals surface area (Å²) in [6.07, 6.45) is 0. The van der Waals surface area contributed by atoms with Gasteiger partial charge in [0.2, 0.25) is 8.87 Å². The maximum Gasteiger partial charge on any atom is 0.255 e. The fourth-order valence-electron chi connectivity index (χ4n) is 4.08. The Bertz CT molecular complexity index is 1660. The Kier molecular flexibility index (Phi) is 11.4. The molecule has 0 atom stereocenters. The van der Waals surface area contributed by atoms with E-state index in [-0.39, 0.29) is 52.6 Å². The molecule has 0 radical (unpaired) electrons. The molecule has 4 aromatic carbocycles. The van der Waals surface area contributed by atoms with Gasteiger partial charge >= 0.3 is 0 Å². The highest BCUT2D eigenvalue weighted by atomic mass is 35.5. The van der Waals surface area contributed by atoms with Gasteiger partial charge in [0.1, 0.15) is 24.7 Å². The van der Waals surface area contributed by atoms with E-state index in [0.717, 1.165) is 39.0 Å². The summed E-state index contributed by atoms with van der Waals surface area (Å²) >= 11 is 6.80. The first-order valence-corrected chi connectivity index (χ1v) is 17.0. The van der Waals surface area contributed by atoms with E-state index in [1.54, 1.807) is 57.7 Å². The van der Waals surface area contributed by atoms with Gasteiger partial charge in [-0.05, 0) is 77.4 Å². The van der Waals surface area contributed by atoms with Crippen LogP contribution in [-0.4, -0.2) is 52.8 Å². The van der Waals surface area contributed by atoms with Gasteiger partial charge in [0.05, 0.1) is 29.7 Å². The molecule has 0 unspecified atom stereocenters. The predicted octanol–water partition coefficient (Wildman–Crippen LogP) is 7.02. The largest absolute Gasteiger partial charge is 0.497 e. The molecule has 4 rings (SSSR count). The first-order chi connectivity index (χ1) is 21.1. The second kappa shape index (κ2) is 15.2. The van der Waals surface area contributed by atoms with Crippen LogP contribution >= 0.6 is 22.4 Å². The van der Waals surface area contributed by atoms with Crippen LogP contribution in [0.5, 0.6) is 23.0 Å². The van der Waals surface area contributed by atoms with Gasteiger partial charge in [-0.3, -0.25) is 4.79 Å². The molecule has 0 aromatic heterocycles. The van der Waals surface area contributed by atoms with E-state index < -0.39 is 8.87 Å². The fraction of sp³-hybridized carbons (Fsp3) is 0.242. The maximum absolute atomic E-state index is 13.4. The quantitative estimate of drug-likeness (QED) is 0.134. The molecular weight excluding hydrogens is 622 g/mol. The number of halogens is 1. The number of benzene rings is 4. The maximum atomic E-state index is 13.4. The van der Waals surface area contributed by atoms with Crippen LogP contribution in [0.15, 0.2) is 89.8 Å². The number of rotatable bonds is 14. The molecule has 1 amide bonds. The SMILES string of the molecule is COc1ccc(COc2ccc(C(=O)N(C)CCSS(=O)(=O)c3ccc(C)cc3)c(Cl)c2OCc2ccc(OC)cc2)cc1. The molecule has 0 aliphatic rings. The lowest BCUT2D eigenvalue weighted by molar-refractivity contribution is 0.0803. The summed E-state index contributed by atoms with van der Waals surface area (Å²) in [6, 6.07) is 24.8. The Morgan fingerprint density at radius 2 is 1.34 bits per heavy atom. The van der Waals surface area contributed by atoms with Crippen LogP contribution in [0.1, 0.15) is 27.0 Å². The lowest BCUT2D eigenvalue weighted by Crippen LogP contribution is -2.29. The molecule has 232 valence electrons. The zero-order valence-corrected chi connectivity index (χ0v) is 27.3. The molecule has 0 bridgehead atoms. The number of amides is 1. The second-order valence-corrected chi connectivity index (χ2v) is 14.3. The number of carbonyl (C=O) groups is 1. The molecule has 0 spiro atoms. The van der Waals surface area contributed by atoms with Gasteiger partial charge in [-0.25, -0.2) is 8.42 Å². The van der Waals surface area contributed by atoms with Crippen molar-refractivity contribution < 1.29 is 32.2 Å². The molecule has 8 nitrogen and oxygen atoms in total. The second-order valence-electron chi connectivity index (χ2n) is 9.84. The molecule has 0 saturated carbocycles. The first-order valence-electron chi connectivity index (χ1n) is 13.7. The van der Waals surface area contributed by atoms with Gasteiger partial charge in [-0.1, -0.05) is 53.6 Å². The van der Waals surface area contributed by atoms with Gasteiger partial charge in [0, 0.05) is 19.3 Å². The Hall–Kier alpha value is -3.86. The lowest BCUT2D eigenvalue weighted by atomic mass is 10.1. The van der Waals surface area contributed by atoms with Gasteiger partial charge in [0.25, 0.3) is 5.91 Å². The highest BCUT2D eigenvalue weighted by Crippen LogP contribution is 2.39. The summed E-state index contributed by atoms with van der Waals surface area (Å²) in [5.41, 5.74) is 2.95. The van der Waals surface area contributed by atoms with Crippen LogP contribution in [0, 0.1) is 6.92 Å². The van der Waals surface area contributed by atoms with Gasteiger partial charge < -0.3 is 23.8 Å². The number of ether oxygens (including phenoxy) is 4. The molecule has 0 saturated heterocycles. The van der Waals surface area contributed by atoms with Crippen molar-refractivity contribution in [1.82, 2.24) is 4.90 Å². The first kappa shape index (κ1) is 33.0. The molecule has 11 heteroatoms. The van der Waals surface area contributed by atoms with E-state index in [0.29, 0.717) is 5.75 Å². The third kappa shape index (κ3) is 8.62. The summed E-state index contributed by atoms with van der Waals surface area (Å²) in [4.78, 5) is 15.1. The molecule has 0 heterocycles. The third-order valence-corrected chi connectivity index (χ3v) is 10.6. The average molecular weight is 656 g/mol. The zero-order chi connectivity index (χ0) is 31.7. The third-order valence-electron chi connectivity index (χ3n) is 6.71. The van der Waals surface area contributed by atoms with Crippen LogP contribution < -0.4 is 18.9 Å². The number of methoxy groups -OCH3 is 2. The Morgan fingerprint density at radius 1 is 0.795 bits per heavy atom. The molecule has 44 heavy (non-hydrogen) atoms. The highest BCUT2D eigenvalue weighted by molar-refractivity contribution is 8.72. The zero-order valence-electron chi connectivity index (χ0n) is 24.9. The van der Waals surface area contributed by atoms with Crippen LogP contribution in [-0.2, 0) is 22.1 Å². The Labute approximate surface area is 267 Å². The Morgan fingerprint density at radius 3 is 1.89 bits per heavy atom. The minimum atomic E-state index is -3.55. The molecule has 0 aliphatic carbocycles. The van der Waals surface area contributed by atoms with Crippen LogP contribution in [0.4, 0.5) is 0 Å². The van der Waals surface area contributed by atoms with E-state index >= 15 is 0 Å². The van der Waals surface area contributed by atoms with Crippen molar-refractivity contribution in [2.75, 3.05) is 33.6 Å². The van der Waals surface area contributed by atoms with E-state index in [1.165, 1.54) is 4.90 Å². The molecular formula is C33H34ClNO7S2. The van der Waals surface area contributed by atoms with Crippen molar-refractivity contribution >= 4 is 37.2 Å². The fourth-order valence-corrected chi connectivity index (χ4v) is 7.16. The van der Waals surface area contributed by atoms with E-state index in [4.69, 9.17) is 30.5 Å². The van der Waals surface area contributed by atoms with Crippen LogP contribution in [0.25, 0.3) is 0 Å². The number of hydrogen-bond acceptors (Lipinski definition) is 8. The van der Waals surface area contributed by atoms with Crippen molar-refractivity contribution in [2.45, 2.75) is 25.0 Å². The number of hydrogen-bond donors (Lipinski definition) is 0. The summed E-state index contributed by atoms with van der Waals surface area (Å²) < 4.78 is 48.1. The standard InChI is InChI=1S/C33H34ClNO7S2/c1-23-5-15-28(16-6-23)44(37,38)43-20-19-35(2)33(36)29-17-18-30(41-21-24-7-11-26(39-3)12-8-24)32(31(29)34)42-22-25-9-13-27(40-4)14-10-25/h5-18H,19-22H2,1-4H3. The number of carbonyl (C=O) groups excluding carboxylic acids is 1. The molecule has 0 aliphatic heterocycles. The highest BCUT2D eigenvalue weighted by Gasteiger charge is 2.23. The van der Waals surface area contributed by atoms with Gasteiger partial charge in [0.15, 0.2) is 11.5 Å². The normalized spacial score (nSPS) is 11.1. The van der Waals surface area contributed by atoms with Crippen LogP contribution in [0.3, 0.4) is 0 Å². The summed E-state index contributed by atoms with van der Waals surface area (Å²) in [5, 5.41) is 0.0996. The van der Waals surface area contributed by atoms with Gasteiger partial charge in [-0.2, -0.15) is 0 Å². The van der Waals surface area contributed by atoms with E-state index in [1.807, 2.05) is 55.5 Å². The van der Waals surface area contributed by atoms with Crippen molar-refractivity contribution in [3.63, 3.8) is 0 Å². The van der Waals surface area contributed by atoms with Crippen molar-refractivity contribution in [2.24, 2.45) is 0 Å². The molecule has 0 fully saturated rings. The predicted molar refractivity (Wildman–Crippen MR) is 174 cm³/mol. The Balaban J connectivity index is 1.49. The smallest absolute Gasteiger partial charge is 0.255 e. The topological polar surface area (TPSA) is 91.4 Å². The minimum absolute atomic E-state index is 0.0996. The van der Waals surface area contributed by atoms with Crippen LogP contribution in [0.2, 0.25) is 5.02 Å². The van der Waals surface area contributed by atoms with Crippen molar-refractivity contribution in [1.29, 1.82) is 0 Å². The molecule has 4 aromatic rings. The summed E-state index contributed by atoms with van der Waals surface area (Å²) in [5.74, 6) is 1.86. The minimum Gasteiger partial charge on any atom is -0.497 e. The van der Waals surface area contributed by atoms with Gasteiger partial charge in [-0.15, -0.1) is 0 Å². The van der Waals surface area contributed by atoms with E-state index in [2.05, 4.69) is 0 Å².